The van der Waals surface area contributed by atoms with Crippen molar-refractivity contribution in [3.63, 3.8) is 0 Å². The fraction of sp³-hybridized carbons (Fsp3) is 0.933. The Morgan fingerprint density at radius 3 is 2.45 bits per heavy atom. The van der Waals surface area contributed by atoms with Gasteiger partial charge in [0.15, 0.2) is 5.96 Å². The third-order valence-corrected chi connectivity index (χ3v) is 5.02. The quantitative estimate of drug-likeness (QED) is 0.623. The van der Waals surface area contributed by atoms with E-state index < -0.39 is 0 Å². The number of rotatable bonds is 3. The Morgan fingerprint density at radius 2 is 1.90 bits per heavy atom. The number of likely N-dealkylation sites (tertiary alicyclic amines) is 1. The molecule has 0 aromatic rings. The van der Waals surface area contributed by atoms with Crippen LogP contribution in [0.4, 0.5) is 0 Å². The lowest BCUT2D eigenvalue weighted by Gasteiger charge is -2.42. The van der Waals surface area contributed by atoms with Gasteiger partial charge >= 0.3 is 0 Å². The van der Waals surface area contributed by atoms with Crippen LogP contribution in [0, 0.1) is 5.92 Å². The second-order valence-corrected chi connectivity index (χ2v) is 6.58. The number of likely N-dealkylation sites (N-methyl/N-ethyl adjacent to an activating group) is 1. The van der Waals surface area contributed by atoms with Crippen molar-refractivity contribution in [3.05, 3.63) is 0 Å². The summed E-state index contributed by atoms with van der Waals surface area (Å²) in [5, 5.41) is 0. The lowest BCUT2D eigenvalue weighted by molar-refractivity contribution is -0.00263. The Balaban J connectivity index is 1.95. The molecule has 20 heavy (non-hydrogen) atoms. The maximum Gasteiger partial charge on any atom is 0.191 e. The molecule has 2 saturated heterocycles. The Kier molecular flexibility index (Phi) is 5.27. The molecule has 5 nitrogen and oxygen atoms in total. The molecule has 116 valence electrons. The van der Waals surface area contributed by atoms with Gasteiger partial charge < -0.3 is 20.3 Å². The van der Waals surface area contributed by atoms with Crippen LogP contribution in [0.1, 0.15) is 32.6 Å². The number of hydrogen-bond donors (Lipinski definition) is 1. The largest absolute Gasteiger partial charge is 0.381 e. The molecule has 0 aromatic heterocycles. The number of nitrogens with two attached hydrogens (primary N) is 1. The minimum atomic E-state index is 0.117. The van der Waals surface area contributed by atoms with E-state index in [2.05, 4.69) is 30.8 Å². The summed E-state index contributed by atoms with van der Waals surface area (Å²) in [4.78, 5) is 9.25. The van der Waals surface area contributed by atoms with Crippen LogP contribution < -0.4 is 5.73 Å². The van der Waals surface area contributed by atoms with E-state index in [4.69, 9.17) is 15.5 Å². The van der Waals surface area contributed by atoms with Gasteiger partial charge in [-0.3, -0.25) is 4.99 Å². The smallest absolute Gasteiger partial charge is 0.191 e. The fourth-order valence-electron chi connectivity index (χ4n) is 3.06. The molecule has 0 radical (unpaired) electrons. The van der Waals surface area contributed by atoms with Crippen LogP contribution in [0.15, 0.2) is 4.99 Å². The lowest BCUT2D eigenvalue weighted by atomic mass is 9.89. The van der Waals surface area contributed by atoms with Gasteiger partial charge in [-0.15, -0.1) is 0 Å². The Labute approximate surface area is 123 Å². The molecule has 0 spiro atoms. The molecule has 0 unspecified atom stereocenters. The van der Waals surface area contributed by atoms with Gasteiger partial charge in [-0.2, -0.15) is 0 Å². The van der Waals surface area contributed by atoms with Crippen LogP contribution in [0.2, 0.25) is 0 Å². The van der Waals surface area contributed by atoms with E-state index in [1.165, 1.54) is 12.8 Å². The first-order chi connectivity index (χ1) is 9.53. The van der Waals surface area contributed by atoms with E-state index in [1.54, 1.807) is 0 Å². The van der Waals surface area contributed by atoms with Gasteiger partial charge in [0.25, 0.3) is 0 Å². The van der Waals surface area contributed by atoms with Gasteiger partial charge in [-0.05, 0) is 45.7 Å². The van der Waals surface area contributed by atoms with E-state index in [9.17, 15) is 0 Å². The Bertz CT molecular complexity index is 329. The summed E-state index contributed by atoms with van der Waals surface area (Å²) in [6.45, 7) is 6.85. The van der Waals surface area contributed by atoms with Crippen molar-refractivity contribution in [3.8, 4) is 0 Å². The predicted molar refractivity (Wildman–Crippen MR) is 82.9 cm³/mol. The van der Waals surface area contributed by atoms with Gasteiger partial charge in [0, 0.05) is 31.8 Å². The number of piperidine rings is 1. The normalized spacial score (nSPS) is 25.2. The molecular weight excluding hydrogens is 252 g/mol. The highest BCUT2D eigenvalue weighted by molar-refractivity contribution is 5.78. The second kappa shape index (κ2) is 6.76. The summed E-state index contributed by atoms with van der Waals surface area (Å²) < 4.78 is 5.49. The number of ether oxygens (including phenoxy) is 1. The van der Waals surface area contributed by atoms with Crippen molar-refractivity contribution in [1.82, 2.24) is 9.80 Å². The van der Waals surface area contributed by atoms with Crippen molar-refractivity contribution in [2.24, 2.45) is 16.6 Å². The molecule has 2 rings (SSSR count). The van der Waals surface area contributed by atoms with Crippen LogP contribution in [0.3, 0.4) is 0 Å². The van der Waals surface area contributed by atoms with Gasteiger partial charge in [0.1, 0.15) is 0 Å². The van der Waals surface area contributed by atoms with Crippen molar-refractivity contribution in [1.29, 1.82) is 0 Å². The summed E-state index contributed by atoms with van der Waals surface area (Å²) in [6.07, 6.45) is 4.52. The molecule has 0 bridgehead atoms. The summed E-state index contributed by atoms with van der Waals surface area (Å²) in [6, 6.07) is 0. The molecule has 0 atom stereocenters. The van der Waals surface area contributed by atoms with E-state index in [0.717, 1.165) is 57.6 Å². The molecule has 0 saturated carbocycles. The van der Waals surface area contributed by atoms with Gasteiger partial charge in [-0.25, -0.2) is 0 Å². The number of hydrogen-bond acceptors (Lipinski definition) is 3. The van der Waals surface area contributed by atoms with E-state index >= 15 is 0 Å². The van der Waals surface area contributed by atoms with Crippen molar-refractivity contribution < 1.29 is 4.74 Å². The first-order valence-corrected chi connectivity index (χ1v) is 7.83. The third-order valence-electron chi connectivity index (χ3n) is 5.02. The highest BCUT2D eigenvalue weighted by atomic mass is 16.5. The van der Waals surface area contributed by atoms with Crippen LogP contribution in [-0.4, -0.2) is 68.2 Å². The second-order valence-electron chi connectivity index (χ2n) is 6.58. The molecule has 2 N–H and O–H groups in total. The summed E-state index contributed by atoms with van der Waals surface area (Å²) in [5.74, 6) is 1.55. The summed E-state index contributed by atoms with van der Waals surface area (Å²) >= 11 is 0. The maximum atomic E-state index is 6.20. The zero-order chi connectivity index (χ0) is 14.6. The number of aliphatic imine (C=N–C) groups is 1. The molecule has 0 aromatic carbocycles. The van der Waals surface area contributed by atoms with Crippen LogP contribution in [0.25, 0.3) is 0 Å². The average molecular weight is 282 g/mol. The van der Waals surface area contributed by atoms with Crippen molar-refractivity contribution in [2.75, 3.05) is 46.9 Å². The van der Waals surface area contributed by atoms with Crippen LogP contribution in [-0.2, 0) is 4.74 Å². The average Bonchev–Trinajstić information content (AvgIpc) is 2.46. The van der Waals surface area contributed by atoms with Crippen molar-refractivity contribution >= 4 is 5.96 Å². The Hall–Kier alpha value is -0.810. The highest BCUT2D eigenvalue weighted by Gasteiger charge is 2.34. The number of guanidine groups is 1. The molecule has 2 heterocycles. The molecule has 0 aliphatic carbocycles. The van der Waals surface area contributed by atoms with Crippen LogP contribution >= 0.6 is 0 Å². The molecule has 5 heteroatoms. The summed E-state index contributed by atoms with van der Waals surface area (Å²) in [5.41, 5.74) is 6.31. The molecule has 2 fully saturated rings. The Morgan fingerprint density at radius 1 is 1.30 bits per heavy atom. The fourth-order valence-corrected chi connectivity index (χ4v) is 3.06. The topological polar surface area (TPSA) is 54.1 Å². The van der Waals surface area contributed by atoms with E-state index in [1.807, 2.05) is 0 Å². The number of nitrogens with zero attached hydrogens (tertiary/aromatic N) is 3. The van der Waals surface area contributed by atoms with Gasteiger partial charge in [-0.1, -0.05) is 6.92 Å². The molecular formula is C15H30N4O. The maximum absolute atomic E-state index is 6.20. The third kappa shape index (κ3) is 3.64. The van der Waals surface area contributed by atoms with Gasteiger partial charge in [0.2, 0.25) is 0 Å². The first kappa shape index (κ1) is 15.6. The summed E-state index contributed by atoms with van der Waals surface area (Å²) in [7, 11) is 4.28. The van der Waals surface area contributed by atoms with E-state index in [0.29, 0.717) is 0 Å². The van der Waals surface area contributed by atoms with E-state index in [-0.39, 0.29) is 5.54 Å². The lowest BCUT2D eigenvalue weighted by Crippen LogP contribution is -2.52. The SMILES string of the molecule is CC1CCN(C(N)=NCC2(N(C)C)CCOCC2)CC1. The molecule has 0 amide bonds. The van der Waals surface area contributed by atoms with Crippen LogP contribution in [0.5, 0.6) is 0 Å². The van der Waals surface area contributed by atoms with Gasteiger partial charge in [0.05, 0.1) is 6.54 Å². The minimum Gasteiger partial charge on any atom is -0.381 e. The zero-order valence-electron chi connectivity index (χ0n) is 13.3. The zero-order valence-corrected chi connectivity index (χ0v) is 13.3. The molecule has 2 aliphatic heterocycles. The minimum absolute atomic E-state index is 0.117. The monoisotopic (exact) mass is 282 g/mol. The standard InChI is InChI=1S/C15H30N4O/c1-13-4-8-19(9-5-13)14(16)17-12-15(18(2)3)6-10-20-11-7-15/h13H,4-12H2,1-3H3,(H2,16,17). The highest BCUT2D eigenvalue weighted by Crippen LogP contribution is 2.26. The van der Waals surface area contributed by atoms with Crippen molar-refractivity contribution in [2.45, 2.75) is 38.1 Å². The molecule has 2 aliphatic rings. The first-order valence-electron chi connectivity index (χ1n) is 7.83. The predicted octanol–water partition coefficient (Wildman–Crippen LogP) is 1.14.